The van der Waals surface area contributed by atoms with Gasteiger partial charge in [0.05, 0.1) is 23.3 Å². The van der Waals surface area contributed by atoms with Crippen molar-refractivity contribution < 1.29 is 9.53 Å². The number of rotatable bonds is 5. The summed E-state index contributed by atoms with van der Waals surface area (Å²) in [7, 11) is 3.93. The highest BCUT2D eigenvalue weighted by molar-refractivity contribution is 6.01. The monoisotopic (exact) mass is 378 g/mol. The van der Waals surface area contributed by atoms with Gasteiger partial charge >= 0.3 is 5.97 Å². The molecule has 0 atom stereocenters. The Morgan fingerprint density at radius 2 is 1.89 bits per heavy atom. The van der Waals surface area contributed by atoms with Gasteiger partial charge in [0.1, 0.15) is 6.54 Å². The third-order valence-corrected chi connectivity index (χ3v) is 5.51. The van der Waals surface area contributed by atoms with Gasteiger partial charge in [-0.2, -0.15) is 0 Å². The smallest absolute Gasteiger partial charge is 0.325 e. The van der Waals surface area contributed by atoms with E-state index in [2.05, 4.69) is 12.1 Å². The molecule has 0 unspecified atom stereocenters. The summed E-state index contributed by atoms with van der Waals surface area (Å²) in [6.45, 7) is 4.25. The number of carbonyl (C=O) groups excluding carboxylic acids is 1. The van der Waals surface area contributed by atoms with E-state index in [0.717, 1.165) is 22.3 Å². The van der Waals surface area contributed by atoms with E-state index >= 15 is 0 Å². The highest BCUT2D eigenvalue weighted by Gasteiger charge is 2.25. The van der Waals surface area contributed by atoms with Crippen LogP contribution in [0, 0.1) is 6.92 Å². The van der Waals surface area contributed by atoms with Crippen molar-refractivity contribution in [2.45, 2.75) is 39.2 Å². The highest BCUT2D eigenvalue weighted by Crippen LogP contribution is 2.41. The molecule has 1 aromatic heterocycles. The summed E-state index contributed by atoms with van der Waals surface area (Å²) in [4.78, 5) is 27.7. The molecule has 28 heavy (non-hydrogen) atoms. The number of nitrogens with zero attached hydrogens (tertiary/aromatic N) is 2. The Labute approximate surface area is 164 Å². The van der Waals surface area contributed by atoms with Crippen LogP contribution in [0.4, 0.5) is 5.69 Å². The summed E-state index contributed by atoms with van der Waals surface area (Å²) < 4.78 is 7.21. The largest absolute Gasteiger partial charge is 0.465 e. The normalized spacial score (nSPS) is 13.9. The van der Waals surface area contributed by atoms with Gasteiger partial charge in [0, 0.05) is 24.9 Å². The molecule has 1 aliphatic rings. The lowest BCUT2D eigenvalue weighted by Gasteiger charge is -2.23. The summed E-state index contributed by atoms with van der Waals surface area (Å²) in [5, 5.41) is 1.28. The molecule has 3 aromatic rings. The van der Waals surface area contributed by atoms with Gasteiger partial charge in [-0.05, 0) is 61.9 Å². The van der Waals surface area contributed by atoms with Crippen LogP contribution in [-0.2, 0) is 16.1 Å². The zero-order chi connectivity index (χ0) is 20.0. The van der Waals surface area contributed by atoms with Crippen molar-refractivity contribution in [3.05, 3.63) is 51.7 Å². The maximum Gasteiger partial charge on any atom is 0.325 e. The molecule has 5 nitrogen and oxygen atoms in total. The number of pyridine rings is 1. The van der Waals surface area contributed by atoms with E-state index < -0.39 is 0 Å². The lowest BCUT2D eigenvalue weighted by Crippen LogP contribution is -2.21. The predicted molar refractivity (Wildman–Crippen MR) is 113 cm³/mol. The maximum absolute atomic E-state index is 13.3. The van der Waals surface area contributed by atoms with Crippen molar-refractivity contribution in [3.8, 4) is 0 Å². The van der Waals surface area contributed by atoms with E-state index in [-0.39, 0.29) is 17.9 Å². The van der Waals surface area contributed by atoms with Gasteiger partial charge in [0.2, 0.25) is 0 Å². The van der Waals surface area contributed by atoms with E-state index in [0.29, 0.717) is 23.3 Å². The molecule has 4 rings (SSSR count). The molecule has 0 bridgehead atoms. The number of hydrogen-bond donors (Lipinski definition) is 0. The fraction of sp³-hybridized carbons (Fsp3) is 0.391. The van der Waals surface area contributed by atoms with Gasteiger partial charge in [-0.3, -0.25) is 9.59 Å². The number of anilines is 1. The first kappa shape index (κ1) is 18.5. The molecule has 1 fully saturated rings. The quantitative estimate of drug-likeness (QED) is 0.498. The van der Waals surface area contributed by atoms with Crippen molar-refractivity contribution in [1.82, 2.24) is 4.57 Å². The van der Waals surface area contributed by atoms with Crippen LogP contribution in [0.5, 0.6) is 0 Å². The number of hydrogen-bond acceptors (Lipinski definition) is 4. The Hall–Kier alpha value is -2.82. The molecule has 2 aromatic carbocycles. The van der Waals surface area contributed by atoms with Crippen molar-refractivity contribution in [3.63, 3.8) is 0 Å². The summed E-state index contributed by atoms with van der Waals surface area (Å²) in [6.07, 6.45) is 2.37. The van der Waals surface area contributed by atoms with Crippen LogP contribution in [0.15, 0.2) is 35.1 Å². The zero-order valence-electron chi connectivity index (χ0n) is 16.9. The van der Waals surface area contributed by atoms with Crippen LogP contribution in [0.3, 0.4) is 0 Å². The van der Waals surface area contributed by atoms with Gasteiger partial charge in [-0.1, -0.05) is 12.1 Å². The van der Waals surface area contributed by atoms with Gasteiger partial charge in [0.25, 0.3) is 0 Å². The second-order valence-electron chi connectivity index (χ2n) is 7.79. The molecule has 1 heterocycles. The van der Waals surface area contributed by atoms with Crippen LogP contribution < -0.4 is 10.3 Å². The molecular formula is C23H26N2O3. The number of esters is 1. The third-order valence-electron chi connectivity index (χ3n) is 5.51. The Kier molecular flexibility index (Phi) is 4.61. The van der Waals surface area contributed by atoms with E-state index in [1.165, 1.54) is 18.4 Å². The van der Waals surface area contributed by atoms with Crippen molar-refractivity contribution in [1.29, 1.82) is 0 Å². The molecule has 1 aliphatic carbocycles. The van der Waals surface area contributed by atoms with E-state index in [9.17, 15) is 9.59 Å². The maximum atomic E-state index is 13.3. The zero-order valence-corrected chi connectivity index (χ0v) is 16.9. The van der Waals surface area contributed by atoms with Crippen LogP contribution in [0.25, 0.3) is 21.8 Å². The first-order chi connectivity index (χ1) is 13.4. The second-order valence-corrected chi connectivity index (χ2v) is 7.79. The average Bonchev–Trinajstić information content (AvgIpc) is 3.49. The molecule has 0 N–H and O–H groups in total. The molecule has 0 saturated heterocycles. The van der Waals surface area contributed by atoms with Gasteiger partial charge in [0.15, 0.2) is 5.43 Å². The lowest BCUT2D eigenvalue weighted by molar-refractivity contribution is -0.143. The van der Waals surface area contributed by atoms with Gasteiger partial charge in [-0.25, -0.2) is 0 Å². The Balaban J connectivity index is 2.13. The fourth-order valence-electron chi connectivity index (χ4n) is 4.10. The summed E-state index contributed by atoms with van der Waals surface area (Å²) in [6, 6.07) is 9.91. The summed E-state index contributed by atoms with van der Waals surface area (Å²) >= 11 is 0. The van der Waals surface area contributed by atoms with E-state index in [1.807, 2.05) is 48.7 Å². The minimum Gasteiger partial charge on any atom is -0.465 e. The van der Waals surface area contributed by atoms with Crippen LogP contribution in [-0.4, -0.2) is 31.2 Å². The predicted octanol–water partition coefficient (Wildman–Crippen LogP) is 3.97. The number of benzene rings is 2. The van der Waals surface area contributed by atoms with Crippen molar-refractivity contribution >= 4 is 33.5 Å². The summed E-state index contributed by atoms with van der Waals surface area (Å²) in [5.74, 6) is 0.272. The molecule has 5 heteroatoms. The number of ether oxygens (including phenoxy) is 1. The molecular weight excluding hydrogens is 352 g/mol. The van der Waals surface area contributed by atoms with Gasteiger partial charge < -0.3 is 14.2 Å². The second kappa shape index (κ2) is 6.97. The standard InChI is InChI=1S/C23H26N2O3/c1-5-28-20(26)13-25-19-12-16(15-7-8-15)9-11-17(19)23(27)18-10-6-14(2)21(22(18)25)24(3)4/h6,9-12,15H,5,7-8,13H2,1-4H3. The lowest BCUT2D eigenvalue weighted by atomic mass is 10.0. The molecule has 1 saturated carbocycles. The first-order valence-corrected chi connectivity index (χ1v) is 9.85. The Morgan fingerprint density at radius 1 is 1.18 bits per heavy atom. The first-order valence-electron chi connectivity index (χ1n) is 9.85. The number of carbonyl (C=O) groups is 1. The number of aromatic nitrogens is 1. The van der Waals surface area contributed by atoms with Crippen LogP contribution >= 0.6 is 0 Å². The molecule has 0 radical (unpaired) electrons. The van der Waals surface area contributed by atoms with E-state index in [4.69, 9.17) is 4.74 Å². The highest BCUT2D eigenvalue weighted by atomic mass is 16.5. The van der Waals surface area contributed by atoms with Crippen molar-refractivity contribution in [2.75, 3.05) is 25.6 Å². The van der Waals surface area contributed by atoms with Crippen LogP contribution in [0.2, 0.25) is 0 Å². The minimum atomic E-state index is -0.295. The molecule has 0 spiro atoms. The average molecular weight is 378 g/mol. The van der Waals surface area contributed by atoms with Crippen molar-refractivity contribution in [2.24, 2.45) is 0 Å². The third kappa shape index (κ3) is 3.05. The molecule has 0 amide bonds. The Bertz CT molecular complexity index is 1140. The SMILES string of the molecule is CCOC(=O)Cn1c2cc(C3CC3)ccc2c(=O)c2ccc(C)c(N(C)C)c21. The Morgan fingerprint density at radius 3 is 2.54 bits per heavy atom. The van der Waals surface area contributed by atoms with E-state index in [1.54, 1.807) is 6.92 Å². The molecule has 0 aliphatic heterocycles. The topological polar surface area (TPSA) is 51.5 Å². The van der Waals surface area contributed by atoms with Gasteiger partial charge in [-0.15, -0.1) is 0 Å². The number of aryl methyl sites for hydroxylation is 1. The van der Waals surface area contributed by atoms with Crippen LogP contribution in [0.1, 0.15) is 36.8 Å². The summed E-state index contributed by atoms with van der Waals surface area (Å²) in [5.41, 5.74) is 4.87. The minimum absolute atomic E-state index is 0.00977. The number of fused-ring (bicyclic) bond motifs is 2. The fourth-order valence-corrected chi connectivity index (χ4v) is 4.10. The molecule has 146 valence electrons.